The molecule has 29 heavy (non-hydrogen) atoms. The van der Waals surface area contributed by atoms with Gasteiger partial charge in [0.2, 0.25) is 5.91 Å². The molecule has 0 saturated carbocycles. The molecule has 3 rings (SSSR count). The Bertz CT molecular complexity index is 845. The number of amides is 2. The van der Waals surface area contributed by atoms with E-state index in [1.165, 1.54) is 0 Å². The van der Waals surface area contributed by atoms with Gasteiger partial charge in [0.15, 0.2) is 0 Å². The number of para-hydroxylation sites is 1. The molecular weight excluding hydrogens is 366 g/mol. The highest BCUT2D eigenvalue weighted by Crippen LogP contribution is 2.17. The smallest absolute Gasteiger partial charge is 0.251 e. The van der Waals surface area contributed by atoms with Gasteiger partial charge >= 0.3 is 0 Å². The normalized spacial score (nSPS) is 15.0. The van der Waals surface area contributed by atoms with Crippen molar-refractivity contribution in [1.29, 1.82) is 0 Å². The summed E-state index contributed by atoms with van der Waals surface area (Å²) in [4.78, 5) is 26.9. The predicted octanol–water partition coefficient (Wildman–Crippen LogP) is 2.51. The second-order valence-electron chi connectivity index (χ2n) is 7.43. The van der Waals surface area contributed by atoms with Gasteiger partial charge < -0.3 is 15.4 Å². The van der Waals surface area contributed by atoms with E-state index in [4.69, 9.17) is 4.74 Å². The van der Waals surface area contributed by atoms with Gasteiger partial charge in [-0.3, -0.25) is 14.5 Å². The first-order chi connectivity index (χ1) is 14.1. The summed E-state index contributed by atoms with van der Waals surface area (Å²) < 4.78 is 5.31. The molecule has 0 atom stereocenters. The summed E-state index contributed by atoms with van der Waals surface area (Å²) in [5.41, 5.74) is 2.67. The SMILES string of the molecule is COc1ccccc1CNC(=O)CN1CCC(NC(=O)c2ccccc2C)CC1. The van der Waals surface area contributed by atoms with E-state index in [1.54, 1.807) is 7.11 Å². The van der Waals surface area contributed by atoms with Crippen LogP contribution in [0, 0.1) is 6.92 Å². The lowest BCUT2D eigenvalue weighted by molar-refractivity contribution is -0.122. The Kier molecular flexibility index (Phi) is 7.25. The zero-order valence-corrected chi connectivity index (χ0v) is 17.1. The Morgan fingerprint density at radius 3 is 2.48 bits per heavy atom. The van der Waals surface area contributed by atoms with E-state index in [0.29, 0.717) is 13.1 Å². The van der Waals surface area contributed by atoms with Crippen molar-refractivity contribution in [3.8, 4) is 5.75 Å². The fraction of sp³-hybridized carbons (Fsp3) is 0.391. The maximum absolute atomic E-state index is 12.5. The molecule has 0 unspecified atom stereocenters. The van der Waals surface area contributed by atoms with Crippen molar-refractivity contribution in [2.75, 3.05) is 26.7 Å². The van der Waals surface area contributed by atoms with Gasteiger partial charge in [0.1, 0.15) is 5.75 Å². The monoisotopic (exact) mass is 395 g/mol. The van der Waals surface area contributed by atoms with Gasteiger partial charge in [0.05, 0.1) is 13.7 Å². The van der Waals surface area contributed by atoms with E-state index in [1.807, 2.05) is 55.5 Å². The number of carbonyl (C=O) groups excluding carboxylic acids is 2. The Morgan fingerprint density at radius 2 is 1.76 bits per heavy atom. The average molecular weight is 396 g/mol. The van der Waals surface area contributed by atoms with Gasteiger partial charge in [-0.15, -0.1) is 0 Å². The molecule has 1 heterocycles. The van der Waals surface area contributed by atoms with Gasteiger partial charge in [0, 0.05) is 36.8 Å². The second kappa shape index (κ2) is 10.1. The summed E-state index contributed by atoms with van der Waals surface area (Å²) >= 11 is 0. The number of benzene rings is 2. The lowest BCUT2D eigenvalue weighted by Gasteiger charge is -2.32. The number of nitrogens with zero attached hydrogens (tertiary/aromatic N) is 1. The van der Waals surface area contributed by atoms with Crippen LogP contribution in [0.5, 0.6) is 5.75 Å². The van der Waals surface area contributed by atoms with Crippen LogP contribution < -0.4 is 15.4 Å². The first kappa shape index (κ1) is 20.9. The quantitative estimate of drug-likeness (QED) is 0.756. The van der Waals surface area contributed by atoms with E-state index >= 15 is 0 Å². The molecule has 2 aromatic rings. The molecule has 2 N–H and O–H groups in total. The van der Waals surface area contributed by atoms with Crippen LogP contribution in [0.1, 0.15) is 34.3 Å². The number of aryl methyl sites for hydroxylation is 1. The summed E-state index contributed by atoms with van der Waals surface area (Å²) in [6, 6.07) is 15.4. The highest BCUT2D eigenvalue weighted by Gasteiger charge is 2.23. The van der Waals surface area contributed by atoms with Crippen molar-refractivity contribution in [2.45, 2.75) is 32.4 Å². The van der Waals surface area contributed by atoms with Crippen LogP contribution in [-0.4, -0.2) is 49.5 Å². The third-order valence-electron chi connectivity index (χ3n) is 5.35. The van der Waals surface area contributed by atoms with Crippen molar-refractivity contribution in [2.24, 2.45) is 0 Å². The van der Waals surface area contributed by atoms with Crippen molar-refractivity contribution in [3.05, 3.63) is 65.2 Å². The summed E-state index contributed by atoms with van der Waals surface area (Å²) in [5.74, 6) is 0.757. The van der Waals surface area contributed by atoms with E-state index in [-0.39, 0.29) is 17.9 Å². The summed E-state index contributed by atoms with van der Waals surface area (Å²) in [6.45, 7) is 4.35. The maximum Gasteiger partial charge on any atom is 0.251 e. The molecule has 0 aliphatic carbocycles. The number of likely N-dealkylation sites (tertiary alicyclic amines) is 1. The van der Waals surface area contributed by atoms with Crippen LogP contribution in [0.15, 0.2) is 48.5 Å². The van der Waals surface area contributed by atoms with Crippen LogP contribution in [-0.2, 0) is 11.3 Å². The Hall–Kier alpha value is -2.86. The topological polar surface area (TPSA) is 70.7 Å². The number of hydrogen-bond donors (Lipinski definition) is 2. The zero-order valence-electron chi connectivity index (χ0n) is 17.1. The molecule has 1 aliphatic heterocycles. The molecule has 2 amide bonds. The summed E-state index contributed by atoms with van der Waals surface area (Å²) in [5, 5.41) is 6.09. The molecule has 1 aliphatic rings. The number of rotatable bonds is 7. The maximum atomic E-state index is 12.5. The first-order valence-electron chi connectivity index (χ1n) is 10.0. The van der Waals surface area contributed by atoms with Crippen LogP contribution in [0.4, 0.5) is 0 Å². The summed E-state index contributed by atoms with van der Waals surface area (Å²) in [7, 11) is 1.63. The van der Waals surface area contributed by atoms with Crippen LogP contribution in [0.3, 0.4) is 0 Å². The Balaban J connectivity index is 1.41. The van der Waals surface area contributed by atoms with Crippen molar-refractivity contribution >= 4 is 11.8 Å². The molecule has 1 saturated heterocycles. The van der Waals surface area contributed by atoms with Gasteiger partial charge in [-0.2, -0.15) is 0 Å². The molecule has 6 heteroatoms. The minimum atomic E-state index is -0.0175. The van der Waals surface area contributed by atoms with Crippen molar-refractivity contribution in [1.82, 2.24) is 15.5 Å². The van der Waals surface area contributed by atoms with Gasteiger partial charge in [0.25, 0.3) is 5.91 Å². The van der Waals surface area contributed by atoms with E-state index in [2.05, 4.69) is 15.5 Å². The summed E-state index contributed by atoms with van der Waals surface area (Å²) in [6.07, 6.45) is 1.69. The highest BCUT2D eigenvalue weighted by atomic mass is 16.5. The second-order valence-corrected chi connectivity index (χ2v) is 7.43. The minimum absolute atomic E-state index is 0.00157. The minimum Gasteiger partial charge on any atom is -0.496 e. The molecule has 6 nitrogen and oxygen atoms in total. The van der Waals surface area contributed by atoms with E-state index in [0.717, 1.165) is 48.4 Å². The molecular formula is C23H29N3O3. The number of methoxy groups -OCH3 is 1. The fourth-order valence-electron chi connectivity index (χ4n) is 3.63. The van der Waals surface area contributed by atoms with Crippen LogP contribution >= 0.6 is 0 Å². The number of carbonyl (C=O) groups is 2. The Labute approximate surface area is 172 Å². The number of nitrogens with one attached hydrogen (secondary N) is 2. The zero-order chi connectivity index (χ0) is 20.6. The lowest BCUT2D eigenvalue weighted by atomic mass is 10.0. The molecule has 0 radical (unpaired) electrons. The highest BCUT2D eigenvalue weighted by molar-refractivity contribution is 5.95. The van der Waals surface area contributed by atoms with Crippen molar-refractivity contribution in [3.63, 3.8) is 0 Å². The number of ether oxygens (including phenoxy) is 1. The van der Waals surface area contributed by atoms with Crippen LogP contribution in [0.2, 0.25) is 0 Å². The largest absolute Gasteiger partial charge is 0.496 e. The van der Waals surface area contributed by atoms with E-state index < -0.39 is 0 Å². The van der Waals surface area contributed by atoms with Crippen LogP contribution in [0.25, 0.3) is 0 Å². The third kappa shape index (κ3) is 5.81. The molecule has 154 valence electrons. The van der Waals surface area contributed by atoms with Gasteiger partial charge in [-0.25, -0.2) is 0 Å². The van der Waals surface area contributed by atoms with Gasteiger partial charge in [-0.1, -0.05) is 36.4 Å². The van der Waals surface area contributed by atoms with Crippen molar-refractivity contribution < 1.29 is 14.3 Å². The predicted molar refractivity (Wildman–Crippen MR) is 113 cm³/mol. The lowest BCUT2D eigenvalue weighted by Crippen LogP contribution is -2.47. The Morgan fingerprint density at radius 1 is 1.07 bits per heavy atom. The van der Waals surface area contributed by atoms with E-state index in [9.17, 15) is 9.59 Å². The number of hydrogen-bond acceptors (Lipinski definition) is 4. The molecule has 0 spiro atoms. The third-order valence-corrected chi connectivity index (χ3v) is 5.35. The standard InChI is InChI=1S/C23H29N3O3/c1-17-7-3-5-9-20(17)23(28)25-19-11-13-26(14-12-19)16-22(27)24-15-18-8-4-6-10-21(18)29-2/h3-10,19H,11-16H2,1-2H3,(H,24,27)(H,25,28). The molecule has 0 aromatic heterocycles. The molecule has 0 bridgehead atoms. The molecule has 2 aromatic carbocycles. The number of piperidine rings is 1. The first-order valence-corrected chi connectivity index (χ1v) is 10.0. The molecule has 1 fully saturated rings. The average Bonchev–Trinajstić information content (AvgIpc) is 2.74. The fourth-order valence-corrected chi connectivity index (χ4v) is 3.63. The van der Waals surface area contributed by atoms with Gasteiger partial charge in [-0.05, 0) is 37.5 Å².